The third-order valence-electron chi connectivity index (χ3n) is 4.39. The van der Waals surface area contributed by atoms with Crippen molar-refractivity contribution >= 4 is 34.8 Å². The van der Waals surface area contributed by atoms with Crippen molar-refractivity contribution in [3.8, 4) is 0 Å². The first kappa shape index (κ1) is 18.6. The van der Waals surface area contributed by atoms with Gasteiger partial charge in [-0.3, -0.25) is 14.4 Å². The summed E-state index contributed by atoms with van der Waals surface area (Å²) in [6.45, 7) is 3.38. The van der Waals surface area contributed by atoms with Crippen LogP contribution >= 0.6 is 0 Å². The molecule has 3 rings (SSSR count). The Balaban J connectivity index is 1.74. The van der Waals surface area contributed by atoms with Gasteiger partial charge in [-0.05, 0) is 54.8 Å². The SMILES string of the molecule is CC(=O)Nc1ccc(NC(=O)c2cc(F)ccc2NC(=O)C2CC2C)cc1. The van der Waals surface area contributed by atoms with Crippen molar-refractivity contribution in [1.82, 2.24) is 0 Å². The van der Waals surface area contributed by atoms with Crippen molar-refractivity contribution < 1.29 is 18.8 Å². The lowest BCUT2D eigenvalue weighted by molar-refractivity contribution is -0.117. The van der Waals surface area contributed by atoms with Gasteiger partial charge in [0.15, 0.2) is 0 Å². The number of anilines is 3. The van der Waals surface area contributed by atoms with Gasteiger partial charge in [-0.1, -0.05) is 6.92 Å². The van der Waals surface area contributed by atoms with Crippen LogP contribution in [0, 0.1) is 17.7 Å². The summed E-state index contributed by atoms with van der Waals surface area (Å²) >= 11 is 0. The largest absolute Gasteiger partial charge is 0.326 e. The smallest absolute Gasteiger partial charge is 0.257 e. The molecule has 6 nitrogen and oxygen atoms in total. The molecular formula is C20H20FN3O3. The maximum absolute atomic E-state index is 13.7. The van der Waals surface area contributed by atoms with Crippen molar-refractivity contribution in [2.45, 2.75) is 20.3 Å². The van der Waals surface area contributed by atoms with Crippen LogP contribution in [-0.2, 0) is 9.59 Å². The van der Waals surface area contributed by atoms with Gasteiger partial charge in [0, 0.05) is 24.2 Å². The predicted molar refractivity (Wildman–Crippen MR) is 101 cm³/mol. The fraction of sp³-hybridized carbons (Fsp3) is 0.250. The molecule has 0 bridgehead atoms. The van der Waals surface area contributed by atoms with Gasteiger partial charge in [0.2, 0.25) is 11.8 Å². The van der Waals surface area contributed by atoms with E-state index in [0.29, 0.717) is 17.3 Å². The first-order valence-electron chi connectivity index (χ1n) is 8.63. The number of amides is 3. The number of halogens is 1. The first-order chi connectivity index (χ1) is 12.8. The highest BCUT2D eigenvalue weighted by atomic mass is 19.1. The zero-order valence-corrected chi connectivity index (χ0v) is 15.0. The number of hydrogen-bond acceptors (Lipinski definition) is 3. The minimum absolute atomic E-state index is 0.0441. The third kappa shape index (κ3) is 4.69. The van der Waals surface area contributed by atoms with Crippen molar-refractivity contribution in [1.29, 1.82) is 0 Å². The molecule has 140 valence electrons. The maximum atomic E-state index is 13.7. The summed E-state index contributed by atoms with van der Waals surface area (Å²) < 4.78 is 13.7. The molecule has 0 saturated heterocycles. The number of carbonyl (C=O) groups is 3. The van der Waals surface area contributed by atoms with Gasteiger partial charge in [0.25, 0.3) is 5.91 Å². The Morgan fingerprint density at radius 2 is 1.56 bits per heavy atom. The van der Waals surface area contributed by atoms with E-state index < -0.39 is 11.7 Å². The van der Waals surface area contributed by atoms with Crippen LogP contribution in [-0.4, -0.2) is 17.7 Å². The van der Waals surface area contributed by atoms with Crippen LogP contribution in [0.15, 0.2) is 42.5 Å². The minimum atomic E-state index is -0.570. The molecule has 1 saturated carbocycles. The molecule has 2 atom stereocenters. The Kier molecular flexibility index (Phi) is 5.21. The van der Waals surface area contributed by atoms with E-state index in [2.05, 4.69) is 16.0 Å². The normalized spacial score (nSPS) is 17.7. The molecule has 1 aliphatic carbocycles. The zero-order valence-electron chi connectivity index (χ0n) is 15.0. The van der Waals surface area contributed by atoms with E-state index >= 15 is 0 Å². The summed E-state index contributed by atoms with van der Waals surface area (Å²) in [5.41, 5.74) is 1.39. The molecule has 0 aliphatic heterocycles. The second-order valence-corrected chi connectivity index (χ2v) is 6.71. The highest BCUT2D eigenvalue weighted by Gasteiger charge is 2.39. The Morgan fingerprint density at radius 3 is 2.11 bits per heavy atom. The van der Waals surface area contributed by atoms with E-state index in [0.717, 1.165) is 12.5 Å². The summed E-state index contributed by atoms with van der Waals surface area (Å²) in [6.07, 6.45) is 0.815. The molecule has 0 heterocycles. The van der Waals surface area contributed by atoms with Gasteiger partial charge >= 0.3 is 0 Å². The number of carbonyl (C=O) groups excluding carboxylic acids is 3. The van der Waals surface area contributed by atoms with E-state index in [-0.39, 0.29) is 29.0 Å². The Hall–Kier alpha value is -3.22. The molecule has 2 aromatic rings. The fourth-order valence-corrected chi connectivity index (χ4v) is 2.76. The van der Waals surface area contributed by atoms with E-state index in [1.54, 1.807) is 24.3 Å². The topological polar surface area (TPSA) is 87.3 Å². The predicted octanol–water partition coefficient (Wildman–Crippen LogP) is 3.63. The van der Waals surface area contributed by atoms with Crippen LogP contribution in [0.4, 0.5) is 21.5 Å². The van der Waals surface area contributed by atoms with Gasteiger partial charge in [0.05, 0.1) is 11.3 Å². The van der Waals surface area contributed by atoms with E-state index in [9.17, 15) is 18.8 Å². The summed E-state index contributed by atoms with van der Waals surface area (Å²) in [6, 6.07) is 10.2. The molecule has 0 aromatic heterocycles. The molecule has 7 heteroatoms. The highest BCUT2D eigenvalue weighted by molar-refractivity contribution is 6.10. The summed E-state index contributed by atoms with van der Waals surface area (Å²) in [4.78, 5) is 35.8. The van der Waals surface area contributed by atoms with Gasteiger partial charge in [-0.15, -0.1) is 0 Å². The minimum Gasteiger partial charge on any atom is -0.326 e. The van der Waals surface area contributed by atoms with Crippen molar-refractivity contribution in [2.75, 3.05) is 16.0 Å². The van der Waals surface area contributed by atoms with E-state index in [1.165, 1.54) is 19.1 Å². The molecule has 3 amide bonds. The van der Waals surface area contributed by atoms with Crippen molar-refractivity contribution in [3.05, 3.63) is 53.8 Å². The van der Waals surface area contributed by atoms with Crippen LogP contribution in [0.2, 0.25) is 0 Å². The molecule has 0 spiro atoms. The average molecular weight is 369 g/mol. The van der Waals surface area contributed by atoms with Crippen LogP contribution in [0.1, 0.15) is 30.6 Å². The molecule has 27 heavy (non-hydrogen) atoms. The van der Waals surface area contributed by atoms with Gasteiger partial charge < -0.3 is 16.0 Å². The number of rotatable bonds is 5. The molecule has 2 unspecified atom stereocenters. The number of nitrogens with one attached hydrogen (secondary N) is 3. The van der Waals surface area contributed by atoms with Gasteiger partial charge in [-0.25, -0.2) is 4.39 Å². The van der Waals surface area contributed by atoms with Gasteiger partial charge in [0.1, 0.15) is 5.82 Å². The van der Waals surface area contributed by atoms with Crippen LogP contribution < -0.4 is 16.0 Å². The Bertz CT molecular complexity index is 896. The Morgan fingerprint density at radius 1 is 0.963 bits per heavy atom. The zero-order chi connectivity index (χ0) is 19.6. The lowest BCUT2D eigenvalue weighted by atomic mass is 10.1. The molecule has 1 fully saturated rings. The van der Waals surface area contributed by atoms with E-state index in [4.69, 9.17) is 0 Å². The van der Waals surface area contributed by atoms with Gasteiger partial charge in [-0.2, -0.15) is 0 Å². The molecule has 0 radical (unpaired) electrons. The van der Waals surface area contributed by atoms with Crippen molar-refractivity contribution in [3.63, 3.8) is 0 Å². The number of hydrogen-bond donors (Lipinski definition) is 3. The summed E-state index contributed by atoms with van der Waals surface area (Å²) in [5, 5.41) is 8.00. The average Bonchev–Trinajstić information content (AvgIpc) is 3.34. The fourth-order valence-electron chi connectivity index (χ4n) is 2.76. The second kappa shape index (κ2) is 7.57. The first-order valence-corrected chi connectivity index (χ1v) is 8.63. The third-order valence-corrected chi connectivity index (χ3v) is 4.39. The summed E-state index contributed by atoms with van der Waals surface area (Å²) in [5.74, 6) is -1.21. The standard InChI is InChI=1S/C20H20FN3O3/c1-11-9-16(11)19(26)24-18-8-3-13(21)10-17(18)20(27)23-15-6-4-14(5-7-15)22-12(2)25/h3-8,10-11,16H,9H2,1-2H3,(H,22,25)(H,23,27)(H,24,26). The lowest BCUT2D eigenvalue weighted by Gasteiger charge is -2.12. The number of benzene rings is 2. The Labute approximate surface area is 156 Å². The maximum Gasteiger partial charge on any atom is 0.257 e. The summed E-state index contributed by atoms with van der Waals surface area (Å²) in [7, 11) is 0. The van der Waals surface area contributed by atoms with Crippen LogP contribution in [0.5, 0.6) is 0 Å². The van der Waals surface area contributed by atoms with Crippen molar-refractivity contribution in [2.24, 2.45) is 11.8 Å². The molecular weight excluding hydrogens is 349 g/mol. The van der Waals surface area contributed by atoms with Crippen LogP contribution in [0.25, 0.3) is 0 Å². The molecule has 3 N–H and O–H groups in total. The van der Waals surface area contributed by atoms with E-state index in [1.807, 2.05) is 6.92 Å². The monoisotopic (exact) mass is 369 g/mol. The quantitative estimate of drug-likeness (QED) is 0.752. The second-order valence-electron chi connectivity index (χ2n) is 6.71. The van der Waals surface area contributed by atoms with Crippen LogP contribution in [0.3, 0.4) is 0 Å². The highest BCUT2D eigenvalue weighted by Crippen LogP contribution is 2.38. The molecule has 2 aromatic carbocycles. The molecule has 1 aliphatic rings. The lowest BCUT2D eigenvalue weighted by Crippen LogP contribution is -2.20.